The minimum absolute atomic E-state index is 0.507. The van der Waals surface area contributed by atoms with E-state index < -0.39 is 12.0 Å². The third kappa shape index (κ3) is 2.09. The van der Waals surface area contributed by atoms with Crippen LogP contribution in [0.1, 0.15) is 24.8 Å². The van der Waals surface area contributed by atoms with E-state index in [1.165, 1.54) is 11.1 Å². The lowest BCUT2D eigenvalue weighted by Crippen LogP contribution is -2.42. The van der Waals surface area contributed by atoms with Gasteiger partial charge in [-0.25, -0.2) is 4.79 Å². The first-order valence-corrected chi connectivity index (χ1v) is 6.90. The predicted octanol–water partition coefficient (Wildman–Crippen LogP) is 1.70. The van der Waals surface area contributed by atoms with Crippen LogP contribution in [-0.4, -0.2) is 24.2 Å². The molecule has 0 aromatic heterocycles. The molecule has 0 saturated heterocycles. The second-order valence-corrected chi connectivity index (χ2v) is 5.50. The molecule has 0 amide bonds. The van der Waals surface area contributed by atoms with Gasteiger partial charge in [-0.15, -0.1) is 0 Å². The van der Waals surface area contributed by atoms with E-state index in [-0.39, 0.29) is 0 Å². The Labute approximate surface area is 118 Å². The smallest absolute Gasteiger partial charge is 0.326 e. The number of benzene rings is 1. The van der Waals surface area contributed by atoms with Crippen molar-refractivity contribution in [3.05, 3.63) is 35.2 Å². The number of anilines is 2. The summed E-state index contributed by atoms with van der Waals surface area (Å²) >= 11 is 0. The number of carbonyl (C=O) groups is 1. The molecule has 1 unspecified atom stereocenters. The topological polar surface area (TPSA) is 78.6 Å². The summed E-state index contributed by atoms with van der Waals surface area (Å²) < 4.78 is 0. The largest absolute Gasteiger partial charge is 0.480 e. The van der Waals surface area contributed by atoms with Crippen molar-refractivity contribution >= 4 is 17.3 Å². The Kier molecular flexibility index (Phi) is 3.04. The fourth-order valence-electron chi connectivity index (χ4n) is 3.06. The van der Waals surface area contributed by atoms with Crippen molar-refractivity contribution < 1.29 is 9.90 Å². The molecule has 0 radical (unpaired) electrons. The summed E-state index contributed by atoms with van der Waals surface area (Å²) in [5, 5.41) is 12.4. The number of hydrogen-bond acceptors (Lipinski definition) is 4. The molecule has 0 saturated carbocycles. The van der Waals surface area contributed by atoms with E-state index in [1.807, 2.05) is 24.1 Å². The standard InChI is InChI=1S/C15H19N3O2/c1-18-13-8-11(16)6-5-9(13)7-10-3-2-4-12(15(19)20)17-14(10)18/h5-6,8,12,17H,2-4,7,16H2,1H3,(H,19,20). The number of rotatable bonds is 1. The first-order chi connectivity index (χ1) is 9.56. The zero-order chi connectivity index (χ0) is 14.3. The van der Waals surface area contributed by atoms with Gasteiger partial charge in [0.05, 0.1) is 0 Å². The molecule has 1 aromatic rings. The molecule has 0 spiro atoms. The van der Waals surface area contributed by atoms with Crippen LogP contribution in [0.4, 0.5) is 11.4 Å². The Hall–Kier alpha value is -2.17. The quantitative estimate of drug-likeness (QED) is 0.679. The number of carboxylic acids is 1. The Morgan fingerprint density at radius 1 is 1.50 bits per heavy atom. The van der Waals surface area contributed by atoms with Gasteiger partial charge in [-0.05, 0) is 49.0 Å². The van der Waals surface area contributed by atoms with E-state index in [9.17, 15) is 9.90 Å². The van der Waals surface area contributed by atoms with E-state index in [0.717, 1.165) is 36.5 Å². The number of carboxylic acid groups (broad SMARTS) is 1. The number of nitrogens with two attached hydrogens (primary N) is 1. The zero-order valence-corrected chi connectivity index (χ0v) is 11.5. The number of fused-ring (bicyclic) bond motifs is 1. The highest BCUT2D eigenvalue weighted by atomic mass is 16.4. The van der Waals surface area contributed by atoms with Crippen LogP contribution in [-0.2, 0) is 11.2 Å². The molecule has 0 fully saturated rings. The van der Waals surface area contributed by atoms with Crippen molar-refractivity contribution in [2.24, 2.45) is 0 Å². The third-order valence-electron chi connectivity index (χ3n) is 4.13. The summed E-state index contributed by atoms with van der Waals surface area (Å²) in [5.74, 6) is 0.151. The van der Waals surface area contributed by atoms with Gasteiger partial charge >= 0.3 is 5.97 Å². The maximum atomic E-state index is 11.3. The molecular formula is C15H19N3O2. The molecule has 106 valence electrons. The van der Waals surface area contributed by atoms with Gasteiger partial charge in [0.1, 0.15) is 11.9 Å². The monoisotopic (exact) mass is 273 g/mol. The average molecular weight is 273 g/mol. The summed E-state index contributed by atoms with van der Waals surface area (Å²) in [5.41, 5.74) is 10.2. The Balaban J connectivity index is 1.98. The number of nitrogens with one attached hydrogen (secondary N) is 1. The number of hydrogen-bond donors (Lipinski definition) is 3. The molecule has 3 rings (SSSR count). The van der Waals surface area contributed by atoms with Crippen molar-refractivity contribution in [1.29, 1.82) is 0 Å². The van der Waals surface area contributed by atoms with Crippen molar-refractivity contribution in [2.45, 2.75) is 31.7 Å². The number of aliphatic carboxylic acids is 1. The van der Waals surface area contributed by atoms with Crippen LogP contribution < -0.4 is 16.0 Å². The summed E-state index contributed by atoms with van der Waals surface area (Å²) in [6, 6.07) is 5.42. The molecule has 4 N–H and O–H groups in total. The van der Waals surface area contributed by atoms with Gasteiger partial charge in [0.15, 0.2) is 0 Å². The van der Waals surface area contributed by atoms with Crippen molar-refractivity contribution in [3.63, 3.8) is 0 Å². The lowest BCUT2D eigenvalue weighted by atomic mass is 9.95. The molecule has 1 atom stereocenters. The van der Waals surface area contributed by atoms with E-state index in [4.69, 9.17) is 5.73 Å². The summed E-state index contributed by atoms with van der Waals surface area (Å²) in [4.78, 5) is 13.3. The maximum absolute atomic E-state index is 11.3. The highest BCUT2D eigenvalue weighted by molar-refractivity contribution is 5.75. The molecule has 2 aliphatic rings. The Bertz CT molecular complexity index is 595. The van der Waals surface area contributed by atoms with E-state index in [1.54, 1.807) is 0 Å². The zero-order valence-electron chi connectivity index (χ0n) is 11.5. The first kappa shape index (κ1) is 12.8. The normalized spacial score (nSPS) is 21.6. The van der Waals surface area contributed by atoms with Crippen molar-refractivity contribution in [1.82, 2.24) is 5.32 Å². The summed E-state index contributed by atoms with van der Waals surface area (Å²) in [6.45, 7) is 0. The molecule has 5 nitrogen and oxygen atoms in total. The predicted molar refractivity (Wildman–Crippen MR) is 78.4 cm³/mol. The molecule has 1 aromatic carbocycles. The van der Waals surface area contributed by atoms with Gasteiger partial charge in [-0.1, -0.05) is 6.07 Å². The highest BCUT2D eigenvalue weighted by Gasteiger charge is 2.29. The number of allylic oxidation sites excluding steroid dienone is 1. The first-order valence-electron chi connectivity index (χ1n) is 6.90. The van der Waals surface area contributed by atoms with Crippen LogP contribution in [0.3, 0.4) is 0 Å². The molecule has 2 aliphatic heterocycles. The lowest BCUT2D eigenvalue weighted by Gasteiger charge is -2.33. The van der Waals surface area contributed by atoms with Crippen molar-refractivity contribution in [3.8, 4) is 0 Å². The van der Waals surface area contributed by atoms with Crippen LogP contribution in [0.2, 0.25) is 0 Å². The summed E-state index contributed by atoms with van der Waals surface area (Å²) in [7, 11) is 1.96. The minimum Gasteiger partial charge on any atom is -0.480 e. The molecule has 5 heteroatoms. The van der Waals surface area contributed by atoms with Gasteiger partial charge in [0.2, 0.25) is 0 Å². The summed E-state index contributed by atoms with van der Waals surface area (Å²) in [6.07, 6.45) is 3.38. The molecular weight excluding hydrogens is 254 g/mol. The lowest BCUT2D eigenvalue weighted by molar-refractivity contribution is -0.139. The fraction of sp³-hybridized carbons (Fsp3) is 0.400. The van der Waals surface area contributed by atoms with Crippen LogP contribution in [0.25, 0.3) is 0 Å². The van der Waals surface area contributed by atoms with Crippen molar-refractivity contribution in [2.75, 3.05) is 17.7 Å². The molecule has 2 heterocycles. The number of nitrogen functional groups attached to an aromatic ring is 1. The fourth-order valence-corrected chi connectivity index (χ4v) is 3.06. The maximum Gasteiger partial charge on any atom is 0.326 e. The number of nitrogens with zero attached hydrogens (tertiary/aromatic N) is 1. The van der Waals surface area contributed by atoms with Gasteiger partial charge < -0.3 is 21.1 Å². The second-order valence-electron chi connectivity index (χ2n) is 5.50. The van der Waals surface area contributed by atoms with E-state index in [2.05, 4.69) is 11.4 Å². The Morgan fingerprint density at radius 2 is 2.30 bits per heavy atom. The van der Waals surface area contributed by atoms with Crippen LogP contribution in [0.5, 0.6) is 0 Å². The molecule has 0 aliphatic carbocycles. The molecule has 0 bridgehead atoms. The second kappa shape index (κ2) is 4.74. The SMILES string of the molecule is CN1C2=C(CCCC(C(=O)O)N2)Cc2ccc(N)cc21. The van der Waals surface area contributed by atoms with Crippen LogP contribution in [0, 0.1) is 0 Å². The molecule has 20 heavy (non-hydrogen) atoms. The van der Waals surface area contributed by atoms with Crippen LogP contribution >= 0.6 is 0 Å². The minimum atomic E-state index is -0.787. The van der Waals surface area contributed by atoms with Gasteiger partial charge in [0, 0.05) is 18.4 Å². The Morgan fingerprint density at radius 3 is 3.05 bits per heavy atom. The van der Waals surface area contributed by atoms with Gasteiger partial charge in [0.25, 0.3) is 0 Å². The van der Waals surface area contributed by atoms with E-state index in [0.29, 0.717) is 6.42 Å². The highest BCUT2D eigenvalue weighted by Crippen LogP contribution is 2.35. The van der Waals surface area contributed by atoms with E-state index >= 15 is 0 Å². The van der Waals surface area contributed by atoms with Crippen LogP contribution in [0.15, 0.2) is 29.6 Å². The average Bonchev–Trinajstić information content (AvgIpc) is 2.62. The third-order valence-corrected chi connectivity index (χ3v) is 4.13. The van der Waals surface area contributed by atoms with Gasteiger partial charge in [-0.3, -0.25) is 0 Å². The van der Waals surface area contributed by atoms with Gasteiger partial charge in [-0.2, -0.15) is 0 Å².